The van der Waals surface area contributed by atoms with Crippen molar-refractivity contribution in [2.75, 3.05) is 13.7 Å². The first-order valence-corrected chi connectivity index (χ1v) is 5.52. The molecular formula is C13H16F2O2. The summed E-state index contributed by atoms with van der Waals surface area (Å²) < 4.78 is 32.7. The molecule has 1 atom stereocenters. The second-order valence-corrected chi connectivity index (χ2v) is 5.27. The van der Waals surface area contributed by atoms with Crippen LogP contribution in [-0.4, -0.2) is 18.8 Å². The molecule has 2 rings (SSSR count). The summed E-state index contributed by atoms with van der Waals surface area (Å²) >= 11 is 0. The first kappa shape index (κ1) is 12.3. The minimum absolute atomic E-state index is 0.0224. The number of aliphatic hydroxyl groups is 1. The molecule has 0 spiro atoms. The highest BCUT2D eigenvalue weighted by Crippen LogP contribution is 2.64. The van der Waals surface area contributed by atoms with Gasteiger partial charge in [-0.1, -0.05) is 13.8 Å². The molecule has 1 unspecified atom stereocenters. The highest BCUT2D eigenvalue weighted by molar-refractivity contribution is 5.42. The van der Waals surface area contributed by atoms with Gasteiger partial charge < -0.3 is 9.84 Å². The Bertz CT molecular complexity index is 434. The van der Waals surface area contributed by atoms with Crippen LogP contribution < -0.4 is 4.74 Å². The van der Waals surface area contributed by atoms with Gasteiger partial charge in [-0.25, -0.2) is 8.78 Å². The first-order valence-electron chi connectivity index (χ1n) is 5.52. The van der Waals surface area contributed by atoms with Gasteiger partial charge in [0, 0.05) is 23.1 Å². The van der Waals surface area contributed by atoms with Crippen LogP contribution in [0, 0.1) is 17.0 Å². The van der Waals surface area contributed by atoms with E-state index >= 15 is 0 Å². The molecule has 0 heterocycles. The van der Waals surface area contributed by atoms with Gasteiger partial charge in [-0.05, 0) is 11.8 Å². The summed E-state index contributed by atoms with van der Waals surface area (Å²) in [5.74, 6) is -1.15. The van der Waals surface area contributed by atoms with E-state index in [1.54, 1.807) is 0 Å². The molecule has 17 heavy (non-hydrogen) atoms. The monoisotopic (exact) mass is 242 g/mol. The number of halogens is 2. The van der Waals surface area contributed by atoms with Gasteiger partial charge in [-0.15, -0.1) is 0 Å². The summed E-state index contributed by atoms with van der Waals surface area (Å²) in [6.45, 7) is 3.54. The van der Waals surface area contributed by atoms with Crippen molar-refractivity contribution in [1.82, 2.24) is 0 Å². The average Bonchev–Trinajstić information content (AvgIpc) is 2.80. The summed E-state index contributed by atoms with van der Waals surface area (Å²) in [4.78, 5) is 0. The lowest BCUT2D eigenvalue weighted by Gasteiger charge is -2.20. The molecule has 1 N–H and O–H groups in total. The van der Waals surface area contributed by atoms with E-state index in [-0.39, 0.29) is 23.3 Å². The predicted octanol–water partition coefficient (Wildman–Crippen LogP) is 2.63. The molecule has 0 bridgehead atoms. The quantitative estimate of drug-likeness (QED) is 0.883. The highest BCUT2D eigenvalue weighted by atomic mass is 19.1. The fourth-order valence-corrected chi connectivity index (χ4v) is 2.61. The zero-order valence-electron chi connectivity index (χ0n) is 10.2. The number of aliphatic hydroxyl groups excluding tert-OH is 1. The van der Waals surface area contributed by atoms with E-state index in [0.29, 0.717) is 6.42 Å². The summed E-state index contributed by atoms with van der Waals surface area (Å²) in [6.07, 6.45) is 0.580. The molecule has 1 aliphatic rings. The Morgan fingerprint density at radius 2 is 1.76 bits per heavy atom. The molecular weight excluding hydrogens is 226 g/mol. The van der Waals surface area contributed by atoms with Crippen molar-refractivity contribution in [1.29, 1.82) is 0 Å². The maximum absolute atomic E-state index is 13.9. The molecule has 94 valence electrons. The molecule has 0 aliphatic heterocycles. The Morgan fingerprint density at radius 3 is 2.06 bits per heavy atom. The maximum Gasteiger partial charge on any atom is 0.133 e. The summed E-state index contributed by atoms with van der Waals surface area (Å²) in [7, 11) is 1.36. The number of benzene rings is 1. The van der Waals surface area contributed by atoms with Gasteiger partial charge in [0.1, 0.15) is 17.4 Å². The fourth-order valence-electron chi connectivity index (χ4n) is 2.61. The SMILES string of the molecule is COc1cc(F)c(C2(CO)CC2(C)C)c(F)c1. The lowest BCUT2D eigenvalue weighted by atomic mass is 9.88. The molecule has 1 saturated carbocycles. The minimum atomic E-state index is -0.798. The van der Waals surface area contributed by atoms with E-state index in [9.17, 15) is 13.9 Å². The van der Waals surface area contributed by atoms with Crippen LogP contribution in [0.3, 0.4) is 0 Å². The Morgan fingerprint density at radius 1 is 1.29 bits per heavy atom. The van der Waals surface area contributed by atoms with E-state index in [2.05, 4.69) is 0 Å². The van der Waals surface area contributed by atoms with Gasteiger partial charge in [0.05, 0.1) is 13.7 Å². The van der Waals surface area contributed by atoms with Crippen molar-refractivity contribution < 1.29 is 18.6 Å². The van der Waals surface area contributed by atoms with Gasteiger partial charge in [-0.2, -0.15) is 0 Å². The average molecular weight is 242 g/mol. The third-order valence-electron chi connectivity index (χ3n) is 3.91. The second kappa shape index (κ2) is 3.67. The van der Waals surface area contributed by atoms with Gasteiger partial charge in [0.25, 0.3) is 0 Å². The lowest BCUT2D eigenvalue weighted by Crippen LogP contribution is -2.22. The van der Waals surface area contributed by atoms with Crippen molar-refractivity contribution in [2.24, 2.45) is 5.41 Å². The van der Waals surface area contributed by atoms with Crippen molar-refractivity contribution in [3.63, 3.8) is 0 Å². The Balaban J connectivity index is 2.54. The van der Waals surface area contributed by atoms with Gasteiger partial charge >= 0.3 is 0 Å². The zero-order chi connectivity index (χ0) is 12.8. The third-order valence-corrected chi connectivity index (χ3v) is 3.91. The van der Waals surface area contributed by atoms with Crippen LogP contribution in [0.1, 0.15) is 25.8 Å². The van der Waals surface area contributed by atoms with E-state index in [1.807, 2.05) is 13.8 Å². The van der Waals surface area contributed by atoms with Gasteiger partial charge in [0.2, 0.25) is 0 Å². The second-order valence-electron chi connectivity index (χ2n) is 5.27. The molecule has 1 aromatic carbocycles. The third kappa shape index (κ3) is 1.62. The Labute approximate surface area is 99.2 Å². The van der Waals surface area contributed by atoms with E-state index < -0.39 is 17.0 Å². The van der Waals surface area contributed by atoms with Crippen molar-refractivity contribution in [3.8, 4) is 5.75 Å². The van der Waals surface area contributed by atoms with Gasteiger partial charge in [0.15, 0.2) is 0 Å². The van der Waals surface area contributed by atoms with Crippen LogP contribution >= 0.6 is 0 Å². The van der Waals surface area contributed by atoms with Crippen LogP contribution in [0.2, 0.25) is 0 Å². The molecule has 0 amide bonds. The molecule has 1 fully saturated rings. The van der Waals surface area contributed by atoms with Crippen LogP contribution in [0.15, 0.2) is 12.1 Å². The standard InChI is InChI=1S/C13H16F2O2/c1-12(2)6-13(12,7-16)11-9(14)4-8(17-3)5-10(11)15/h4-5,16H,6-7H2,1-3H3. The van der Waals surface area contributed by atoms with E-state index in [0.717, 1.165) is 12.1 Å². The topological polar surface area (TPSA) is 29.5 Å². The van der Waals surface area contributed by atoms with Crippen LogP contribution in [-0.2, 0) is 5.41 Å². The molecule has 2 nitrogen and oxygen atoms in total. The van der Waals surface area contributed by atoms with Gasteiger partial charge in [-0.3, -0.25) is 0 Å². The summed E-state index contributed by atoms with van der Waals surface area (Å²) in [6, 6.07) is 2.31. The Kier molecular flexibility index (Phi) is 2.65. The van der Waals surface area contributed by atoms with Crippen LogP contribution in [0.5, 0.6) is 5.75 Å². The number of methoxy groups -OCH3 is 1. The molecule has 0 saturated heterocycles. The number of rotatable bonds is 3. The minimum Gasteiger partial charge on any atom is -0.497 e. The predicted molar refractivity (Wildman–Crippen MR) is 60.1 cm³/mol. The lowest BCUT2D eigenvalue weighted by molar-refractivity contribution is 0.224. The Hall–Kier alpha value is -1.16. The normalized spacial score (nSPS) is 25.8. The first-order chi connectivity index (χ1) is 7.88. The molecule has 0 radical (unpaired) electrons. The summed E-state index contributed by atoms with van der Waals surface area (Å²) in [5.41, 5.74) is -1.10. The maximum atomic E-state index is 13.9. The van der Waals surface area contributed by atoms with Crippen LogP contribution in [0.25, 0.3) is 0 Å². The molecule has 4 heteroatoms. The fraction of sp³-hybridized carbons (Fsp3) is 0.538. The molecule has 0 aromatic heterocycles. The summed E-state index contributed by atoms with van der Waals surface area (Å²) in [5, 5.41) is 9.46. The highest BCUT2D eigenvalue weighted by Gasteiger charge is 2.63. The number of hydrogen-bond acceptors (Lipinski definition) is 2. The van der Waals surface area contributed by atoms with E-state index in [1.165, 1.54) is 7.11 Å². The molecule has 1 aliphatic carbocycles. The smallest absolute Gasteiger partial charge is 0.133 e. The van der Waals surface area contributed by atoms with Crippen molar-refractivity contribution >= 4 is 0 Å². The van der Waals surface area contributed by atoms with Crippen molar-refractivity contribution in [2.45, 2.75) is 25.7 Å². The number of ether oxygens (including phenoxy) is 1. The molecule has 1 aromatic rings. The number of hydrogen-bond donors (Lipinski definition) is 1. The van der Waals surface area contributed by atoms with Crippen molar-refractivity contribution in [3.05, 3.63) is 29.3 Å². The van der Waals surface area contributed by atoms with E-state index in [4.69, 9.17) is 4.74 Å². The largest absolute Gasteiger partial charge is 0.497 e. The van der Waals surface area contributed by atoms with Crippen LogP contribution in [0.4, 0.5) is 8.78 Å². The zero-order valence-corrected chi connectivity index (χ0v) is 10.2.